The summed E-state index contributed by atoms with van der Waals surface area (Å²) in [4.78, 5) is 25.0. The van der Waals surface area contributed by atoms with E-state index in [1.165, 1.54) is 19.3 Å². The topological polar surface area (TPSA) is 55.4 Å². The molecule has 0 saturated heterocycles. The first kappa shape index (κ1) is 22.9. The van der Waals surface area contributed by atoms with Crippen molar-refractivity contribution in [3.05, 3.63) is 23.8 Å². The monoisotopic (exact) mass is 451 g/mol. The highest BCUT2D eigenvalue weighted by Gasteiger charge is 2.27. The van der Waals surface area contributed by atoms with Crippen LogP contribution >= 0.6 is 15.9 Å². The minimum Gasteiger partial charge on any atom is -0.492 e. The van der Waals surface area contributed by atoms with Crippen LogP contribution in [0.4, 0.5) is 5.69 Å². The number of nitrogens with one attached hydrogen (secondary N) is 1. The maximum absolute atomic E-state index is 12.8. The fourth-order valence-electron chi connectivity index (χ4n) is 3.86. The van der Waals surface area contributed by atoms with Crippen LogP contribution in [0.15, 0.2) is 18.2 Å². The van der Waals surface area contributed by atoms with Gasteiger partial charge in [-0.3, -0.25) is 9.59 Å². The van der Waals surface area contributed by atoms with Crippen LogP contribution in [0.1, 0.15) is 82.5 Å². The molecule has 0 spiro atoms. The number of hydrogen-bond donors (Lipinski definition) is 1. The van der Waals surface area contributed by atoms with E-state index in [1.54, 1.807) is 18.2 Å². The average Bonchev–Trinajstić information content (AvgIpc) is 2.72. The highest BCUT2D eigenvalue weighted by atomic mass is 79.9. The minimum atomic E-state index is -0.203. The van der Waals surface area contributed by atoms with Crippen LogP contribution in [-0.4, -0.2) is 23.1 Å². The predicted octanol–water partition coefficient (Wildman–Crippen LogP) is 6.38. The van der Waals surface area contributed by atoms with Crippen LogP contribution in [0.2, 0.25) is 0 Å². The molecule has 0 heterocycles. The number of alkyl halides is 1. The molecule has 1 aromatic rings. The van der Waals surface area contributed by atoms with E-state index in [0.717, 1.165) is 38.0 Å². The second-order valence-electron chi connectivity index (χ2n) is 7.73. The van der Waals surface area contributed by atoms with Gasteiger partial charge in [-0.1, -0.05) is 49.0 Å². The Morgan fingerprint density at radius 3 is 2.50 bits per heavy atom. The van der Waals surface area contributed by atoms with Crippen LogP contribution in [-0.2, 0) is 4.79 Å². The van der Waals surface area contributed by atoms with Gasteiger partial charge < -0.3 is 10.1 Å². The Morgan fingerprint density at radius 1 is 1.18 bits per heavy atom. The first-order chi connectivity index (χ1) is 13.5. The molecule has 5 heteroatoms. The van der Waals surface area contributed by atoms with Crippen molar-refractivity contribution in [2.75, 3.05) is 11.9 Å². The van der Waals surface area contributed by atoms with Gasteiger partial charge in [-0.15, -0.1) is 0 Å². The lowest BCUT2D eigenvalue weighted by Gasteiger charge is -2.28. The molecule has 1 N–H and O–H groups in total. The van der Waals surface area contributed by atoms with Gasteiger partial charge in [-0.05, 0) is 63.1 Å². The lowest BCUT2D eigenvalue weighted by atomic mass is 9.79. The van der Waals surface area contributed by atoms with Gasteiger partial charge in [0.2, 0.25) is 5.91 Å². The molecule has 1 saturated carbocycles. The molecular weight excluding hydrogens is 418 g/mol. The van der Waals surface area contributed by atoms with Crippen molar-refractivity contribution in [2.45, 2.75) is 77.0 Å². The zero-order valence-corrected chi connectivity index (χ0v) is 19.0. The zero-order chi connectivity index (χ0) is 20.5. The quantitative estimate of drug-likeness (QED) is 0.331. The molecule has 156 valence electrons. The smallest absolute Gasteiger partial charge is 0.227 e. The van der Waals surface area contributed by atoms with E-state index in [-0.39, 0.29) is 22.4 Å². The van der Waals surface area contributed by atoms with Crippen LogP contribution in [0.3, 0.4) is 0 Å². The van der Waals surface area contributed by atoms with Crippen molar-refractivity contribution in [1.29, 1.82) is 0 Å². The molecule has 0 radical (unpaired) electrons. The van der Waals surface area contributed by atoms with E-state index in [4.69, 9.17) is 4.74 Å². The van der Waals surface area contributed by atoms with E-state index < -0.39 is 0 Å². The van der Waals surface area contributed by atoms with Gasteiger partial charge in [0.1, 0.15) is 5.75 Å². The van der Waals surface area contributed by atoms with Gasteiger partial charge in [-0.25, -0.2) is 0 Å². The van der Waals surface area contributed by atoms with E-state index in [0.29, 0.717) is 23.6 Å². The molecular formula is C23H34BrNO3. The third-order valence-electron chi connectivity index (χ3n) is 5.65. The number of ether oxygens (including phenoxy) is 1. The number of hydrogen-bond acceptors (Lipinski definition) is 3. The van der Waals surface area contributed by atoms with E-state index in [2.05, 4.69) is 28.2 Å². The fourth-order valence-corrected chi connectivity index (χ4v) is 4.13. The lowest BCUT2D eigenvalue weighted by Crippen LogP contribution is -2.27. The summed E-state index contributed by atoms with van der Waals surface area (Å²) in [5.41, 5.74) is 1.25. The van der Waals surface area contributed by atoms with Gasteiger partial charge in [0.15, 0.2) is 5.78 Å². The predicted molar refractivity (Wildman–Crippen MR) is 119 cm³/mol. The molecule has 1 aliphatic carbocycles. The number of amides is 1. The average molecular weight is 452 g/mol. The summed E-state index contributed by atoms with van der Waals surface area (Å²) in [6.07, 6.45) is 8.76. The molecule has 1 unspecified atom stereocenters. The summed E-state index contributed by atoms with van der Waals surface area (Å²) in [5, 5.41) is 3.05. The van der Waals surface area contributed by atoms with Gasteiger partial charge >= 0.3 is 0 Å². The third kappa shape index (κ3) is 6.33. The lowest BCUT2D eigenvalue weighted by molar-refractivity contribution is -0.121. The second-order valence-corrected chi connectivity index (χ2v) is 8.84. The molecule has 4 nitrogen and oxygen atoms in total. The number of anilines is 1. The van der Waals surface area contributed by atoms with Crippen molar-refractivity contribution < 1.29 is 14.3 Å². The Balaban J connectivity index is 2.02. The third-order valence-corrected chi connectivity index (χ3v) is 6.71. The summed E-state index contributed by atoms with van der Waals surface area (Å²) in [7, 11) is 0. The first-order valence-corrected chi connectivity index (χ1v) is 11.7. The van der Waals surface area contributed by atoms with Gasteiger partial charge in [0.05, 0.1) is 17.1 Å². The van der Waals surface area contributed by atoms with Crippen LogP contribution in [0.5, 0.6) is 5.75 Å². The summed E-state index contributed by atoms with van der Waals surface area (Å²) in [6, 6.07) is 5.30. The number of carbonyl (C=O) groups excluding carboxylic acids is 2. The molecule has 0 bridgehead atoms. The van der Waals surface area contributed by atoms with E-state index >= 15 is 0 Å². The SMILES string of the molecule is CCCCC1CCC(C(=O)Nc2ccc(C(=O)C(Br)CC)cc2OCC)CC1. The number of halogens is 1. The Morgan fingerprint density at radius 2 is 1.89 bits per heavy atom. The molecule has 0 aromatic heterocycles. The summed E-state index contributed by atoms with van der Waals surface area (Å²) >= 11 is 3.41. The van der Waals surface area contributed by atoms with Crippen LogP contribution in [0.25, 0.3) is 0 Å². The molecule has 28 heavy (non-hydrogen) atoms. The molecule has 1 fully saturated rings. The highest BCUT2D eigenvalue weighted by molar-refractivity contribution is 9.10. The number of unbranched alkanes of at least 4 members (excludes halogenated alkanes) is 1. The maximum Gasteiger partial charge on any atom is 0.227 e. The van der Waals surface area contributed by atoms with Crippen molar-refractivity contribution in [3.8, 4) is 5.75 Å². The molecule has 2 rings (SSSR count). The molecule has 0 aliphatic heterocycles. The van der Waals surface area contributed by atoms with Gasteiger partial charge in [0.25, 0.3) is 0 Å². The summed E-state index contributed by atoms with van der Waals surface area (Å²) < 4.78 is 5.71. The molecule has 1 aliphatic rings. The maximum atomic E-state index is 12.8. The largest absolute Gasteiger partial charge is 0.492 e. The van der Waals surface area contributed by atoms with Crippen molar-refractivity contribution in [1.82, 2.24) is 0 Å². The molecule has 1 atom stereocenters. The number of ketones is 1. The molecule has 1 aromatic carbocycles. The zero-order valence-electron chi connectivity index (χ0n) is 17.4. The normalized spacial score (nSPS) is 20.4. The van der Waals surface area contributed by atoms with Crippen molar-refractivity contribution in [2.24, 2.45) is 11.8 Å². The summed E-state index contributed by atoms with van der Waals surface area (Å²) in [6.45, 7) is 6.58. The van der Waals surface area contributed by atoms with Gasteiger partial charge in [-0.2, -0.15) is 0 Å². The molecule has 1 amide bonds. The van der Waals surface area contributed by atoms with Crippen LogP contribution in [0, 0.1) is 11.8 Å². The Hall–Kier alpha value is -1.36. The summed E-state index contributed by atoms with van der Waals surface area (Å²) in [5.74, 6) is 1.52. The number of benzene rings is 1. The minimum absolute atomic E-state index is 0.0340. The Kier molecular flexibility index (Phi) is 9.49. The van der Waals surface area contributed by atoms with Crippen molar-refractivity contribution in [3.63, 3.8) is 0 Å². The Labute approximate surface area is 177 Å². The number of rotatable bonds is 10. The highest BCUT2D eigenvalue weighted by Crippen LogP contribution is 2.34. The van der Waals surface area contributed by atoms with E-state index in [9.17, 15) is 9.59 Å². The second kappa shape index (κ2) is 11.6. The fraction of sp³-hybridized carbons (Fsp3) is 0.652. The van der Waals surface area contributed by atoms with Crippen LogP contribution < -0.4 is 10.1 Å². The van der Waals surface area contributed by atoms with Gasteiger partial charge in [0, 0.05) is 11.5 Å². The first-order valence-electron chi connectivity index (χ1n) is 10.8. The number of Topliss-reactive ketones (excluding diaryl/α,β-unsaturated/α-hetero) is 1. The number of carbonyl (C=O) groups is 2. The Bertz CT molecular complexity index is 653. The van der Waals surface area contributed by atoms with E-state index in [1.807, 2.05) is 13.8 Å². The standard InChI is InChI=1S/C23H34BrNO3/c1-4-7-8-16-9-11-17(12-10-16)23(27)25-20-14-13-18(15-21(20)28-6-3)22(26)19(24)5-2/h13-17,19H,4-12H2,1-3H3,(H,25,27). The van der Waals surface area contributed by atoms with Crippen molar-refractivity contribution >= 4 is 33.3 Å².